The molecule has 3 aliphatic carbocycles. The number of urea groups is 1. The van der Waals surface area contributed by atoms with E-state index >= 15 is 0 Å². The van der Waals surface area contributed by atoms with Gasteiger partial charge in [0.15, 0.2) is 0 Å². The number of nitrogens with one attached hydrogen (secondary N) is 2. The fourth-order valence-electron chi connectivity index (χ4n) is 4.62. The zero-order valence-electron chi connectivity index (χ0n) is 14.5. The number of carbonyl (C=O) groups excluding carboxylic acids is 1. The van der Waals surface area contributed by atoms with E-state index in [9.17, 15) is 4.79 Å². The van der Waals surface area contributed by atoms with Gasteiger partial charge in [0.2, 0.25) is 0 Å². The SMILES string of the molecule is CC1(C)[C@H](NC(=O)NCCN(CC2CC2)C2CC2)[C@H]2CCO[C@H]21. The molecule has 4 fully saturated rings. The first-order chi connectivity index (χ1) is 11.1. The summed E-state index contributed by atoms with van der Waals surface area (Å²) in [6.45, 7) is 8.25. The second-order valence-electron chi connectivity index (χ2n) is 8.61. The molecule has 2 N–H and O–H groups in total. The van der Waals surface area contributed by atoms with Crippen LogP contribution in [0.3, 0.4) is 0 Å². The maximum absolute atomic E-state index is 12.2. The lowest BCUT2D eigenvalue weighted by atomic mass is 9.57. The number of carbonyl (C=O) groups is 1. The number of hydrogen-bond acceptors (Lipinski definition) is 3. The quantitative estimate of drug-likeness (QED) is 0.754. The van der Waals surface area contributed by atoms with Gasteiger partial charge in [-0.3, -0.25) is 4.90 Å². The first-order valence-corrected chi connectivity index (χ1v) is 9.45. The van der Waals surface area contributed by atoms with E-state index in [1.165, 1.54) is 32.2 Å². The molecule has 4 aliphatic rings. The normalized spacial score (nSPS) is 34.8. The zero-order valence-corrected chi connectivity index (χ0v) is 14.5. The number of fused-ring (bicyclic) bond motifs is 1. The summed E-state index contributed by atoms with van der Waals surface area (Å²) in [6, 6.07) is 1.04. The van der Waals surface area contributed by atoms with Gasteiger partial charge in [0, 0.05) is 49.7 Å². The minimum absolute atomic E-state index is 0.00408. The van der Waals surface area contributed by atoms with Crippen LogP contribution >= 0.6 is 0 Å². The Hall–Kier alpha value is -0.810. The zero-order chi connectivity index (χ0) is 16.0. The summed E-state index contributed by atoms with van der Waals surface area (Å²) in [6.07, 6.45) is 6.90. The van der Waals surface area contributed by atoms with Gasteiger partial charge >= 0.3 is 6.03 Å². The van der Waals surface area contributed by atoms with Crippen molar-refractivity contribution in [1.29, 1.82) is 0 Å². The maximum atomic E-state index is 12.2. The van der Waals surface area contributed by atoms with Crippen LogP contribution in [-0.2, 0) is 4.74 Å². The van der Waals surface area contributed by atoms with Crippen LogP contribution in [0.2, 0.25) is 0 Å². The van der Waals surface area contributed by atoms with Crippen molar-refractivity contribution in [3.05, 3.63) is 0 Å². The monoisotopic (exact) mass is 321 g/mol. The fraction of sp³-hybridized carbons (Fsp3) is 0.944. The standard InChI is InChI=1S/C18H31N3O2/c1-18(2)15(14-7-10-23-16(14)18)20-17(22)19-8-9-21(13-5-6-13)11-12-3-4-12/h12-16H,3-11H2,1-2H3,(H2,19,20,22)/t14-,15-,16-/m1/s1. The molecular formula is C18H31N3O2. The Kier molecular flexibility index (Phi) is 4.04. The molecule has 0 aromatic rings. The fourth-order valence-corrected chi connectivity index (χ4v) is 4.62. The second-order valence-corrected chi connectivity index (χ2v) is 8.61. The second kappa shape index (κ2) is 5.92. The number of rotatable bonds is 7. The van der Waals surface area contributed by atoms with E-state index in [1.807, 2.05) is 0 Å². The van der Waals surface area contributed by atoms with Crippen molar-refractivity contribution in [2.75, 3.05) is 26.2 Å². The Morgan fingerprint density at radius 1 is 1.22 bits per heavy atom. The van der Waals surface area contributed by atoms with Gasteiger partial charge in [0.05, 0.1) is 6.10 Å². The Morgan fingerprint density at radius 2 is 2.00 bits per heavy atom. The average molecular weight is 321 g/mol. The van der Waals surface area contributed by atoms with E-state index < -0.39 is 0 Å². The van der Waals surface area contributed by atoms with Crippen LogP contribution in [-0.4, -0.2) is 55.4 Å². The van der Waals surface area contributed by atoms with Gasteiger partial charge < -0.3 is 15.4 Å². The summed E-state index contributed by atoms with van der Waals surface area (Å²) < 4.78 is 5.79. The number of nitrogens with zero attached hydrogens (tertiary/aromatic N) is 1. The minimum atomic E-state index is -0.00408. The predicted octanol–water partition coefficient (Wildman–Crippen LogP) is 1.97. The minimum Gasteiger partial charge on any atom is -0.377 e. The van der Waals surface area contributed by atoms with Gasteiger partial charge in [-0.1, -0.05) is 13.8 Å². The lowest BCUT2D eigenvalue weighted by Crippen LogP contribution is -2.67. The predicted molar refractivity (Wildman–Crippen MR) is 89.3 cm³/mol. The number of ether oxygens (including phenoxy) is 1. The Bertz CT molecular complexity index is 459. The summed E-state index contributed by atoms with van der Waals surface area (Å²) in [7, 11) is 0. The highest BCUT2D eigenvalue weighted by atomic mass is 16.5. The molecule has 3 saturated carbocycles. The molecule has 0 aromatic carbocycles. The van der Waals surface area contributed by atoms with Crippen molar-refractivity contribution in [2.45, 2.75) is 64.1 Å². The molecule has 5 heteroatoms. The Morgan fingerprint density at radius 3 is 2.70 bits per heavy atom. The van der Waals surface area contributed by atoms with Gasteiger partial charge in [-0.25, -0.2) is 4.79 Å². The molecule has 130 valence electrons. The number of amides is 2. The van der Waals surface area contributed by atoms with Gasteiger partial charge in [0.1, 0.15) is 0 Å². The van der Waals surface area contributed by atoms with E-state index in [0.717, 1.165) is 38.1 Å². The molecule has 1 aliphatic heterocycles. The van der Waals surface area contributed by atoms with Crippen molar-refractivity contribution >= 4 is 6.03 Å². The van der Waals surface area contributed by atoms with Crippen LogP contribution in [0, 0.1) is 17.3 Å². The maximum Gasteiger partial charge on any atom is 0.315 e. The Balaban J connectivity index is 1.19. The molecule has 0 radical (unpaired) electrons. The topological polar surface area (TPSA) is 53.6 Å². The summed E-state index contributed by atoms with van der Waals surface area (Å²) in [4.78, 5) is 14.8. The summed E-state index contributed by atoms with van der Waals surface area (Å²) in [5.74, 6) is 1.44. The first kappa shape index (κ1) is 15.7. The van der Waals surface area contributed by atoms with Crippen LogP contribution in [0.5, 0.6) is 0 Å². The summed E-state index contributed by atoms with van der Waals surface area (Å²) >= 11 is 0. The van der Waals surface area contributed by atoms with Crippen molar-refractivity contribution < 1.29 is 9.53 Å². The highest BCUT2D eigenvalue weighted by Crippen LogP contribution is 2.52. The highest BCUT2D eigenvalue weighted by Gasteiger charge is 2.59. The van der Waals surface area contributed by atoms with Crippen LogP contribution in [0.25, 0.3) is 0 Å². The van der Waals surface area contributed by atoms with E-state index in [1.54, 1.807) is 0 Å². The van der Waals surface area contributed by atoms with Gasteiger partial charge in [0.25, 0.3) is 0 Å². The lowest BCUT2D eigenvalue weighted by molar-refractivity contribution is -0.108. The molecular weight excluding hydrogens is 290 g/mol. The lowest BCUT2D eigenvalue weighted by Gasteiger charge is -2.54. The van der Waals surface area contributed by atoms with E-state index in [-0.39, 0.29) is 17.5 Å². The average Bonchev–Trinajstić information content (AvgIpc) is 3.42. The number of hydrogen-bond donors (Lipinski definition) is 2. The molecule has 0 unspecified atom stereocenters. The van der Waals surface area contributed by atoms with E-state index in [0.29, 0.717) is 12.0 Å². The molecule has 23 heavy (non-hydrogen) atoms. The van der Waals surface area contributed by atoms with Crippen LogP contribution in [0.1, 0.15) is 46.0 Å². The third kappa shape index (κ3) is 3.22. The molecule has 3 atom stereocenters. The van der Waals surface area contributed by atoms with E-state index in [4.69, 9.17) is 4.74 Å². The van der Waals surface area contributed by atoms with Crippen molar-refractivity contribution in [3.63, 3.8) is 0 Å². The van der Waals surface area contributed by atoms with Crippen molar-refractivity contribution in [3.8, 4) is 0 Å². The third-order valence-electron chi connectivity index (χ3n) is 6.32. The van der Waals surface area contributed by atoms with Crippen LogP contribution in [0.15, 0.2) is 0 Å². The summed E-state index contributed by atoms with van der Waals surface area (Å²) in [5.41, 5.74) is 0.0600. The molecule has 5 nitrogen and oxygen atoms in total. The van der Waals surface area contributed by atoms with Crippen LogP contribution in [0.4, 0.5) is 4.79 Å². The van der Waals surface area contributed by atoms with Gasteiger partial charge in [-0.05, 0) is 38.0 Å². The van der Waals surface area contributed by atoms with Crippen molar-refractivity contribution in [2.24, 2.45) is 17.3 Å². The molecule has 0 spiro atoms. The molecule has 0 aromatic heterocycles. The molecule has 1 saturated heterocycles. The molecule has 4 rings (SSSR count). The van der Waals surface area contributed by atoms with Gasteiger partial charge in [-0.15, -0.1) is 0 Å². The molecule has 0 bridgehead atoms. The van der Waals surface area contributed by atoms with Crippen molar-refractivity contribution in [1.82, 2.24) is 15.5 Å². The Labute approximate surface area is 139 Å². The van der Waals surface area contributed by atoms with E-state index in [2.05, 4.69) is 29.4 Å². The first-order valence-electron chi connectivity index (χ1n) is 9.45. The molecule has 1 heterocycles. The third-order valence-corrected chi connectivity index (χ3v) is 6.32. The van der Waals surface area contributed by atoms with Gasteiger partial charge in [-0.2, -0.15) is 0 Å². The highest BCUT2D eigenvalue weighted by molar-refractivity contribution is 5.74. The smallest absolute Gasteiger partial charge is 0.315 e. The molecule has 2 amide bonds. The summed E-state index contributed by atoms with van der Waals surface area (Å²) in [5, 5.41) is 6.27. The largest absolute Gasteiger partial charge is 0.377 e. The van der Waals surface area contributed by atoms with Crippen LogP contribution < -0.4 is 10.6 Å².